The third kappa shape index (κ3) is 3.75. The lowest BCUT2D eigenvalue weighted by atomic mass is 10.1. The summed E-state index contributed by atoms with van der Waals surface area (Å²) < 4.78 is 0. The van der Waals surface area contributed by atoms with E-state index in [1.54, 1.807) is 6.20 Å². The van der Waals surface area contributed by atoms with Crippen molar-refractivity contribution in [2.45, 2.75) is 33.2 Å². The Balaban J connectivity index is 1.46. The molecule has 1 N–H and O–H groups in total. The first-order chi connectivity index (χ1) is 15.5. The van der Waals surface area contributed by atoms with Crippen molar-refractivity contribution in [2.24, 2.45) is 0 Å². The second-order valence-electron chi connectivity index (χ2n) is 8.60. The van der Waals surface area contributed by atoms with Crippen molar-refractivity contribution >= 4 is 17.6 Å². The van der Waals surface area contributed by atoms with Crippen LogP contribution < -0.4 is 15.4 Å². The van der Waals surface area contributed by atoms with E-state index in [0.29, 0.717) is 11.6 Å². The third-order valence-corrected chi connectivity index (χ3v) is 6.51. The van der Waals surface area contributed by atoms with Crippen LogP contribution in [0.4, 0.5) is 17.6 Å². The van der Waals surface area contributed by atoms with Crippen LogP contribution in [0.2, 0.25) is 0 Å². The molecular formula is C24H29N7O. The molecule has 32 heavy (non-hydrogen) atoms. The zero-order valence-electron chi connectivity index (χ0n) is 18.9. The van der Waals surface area contributed by atoms with Crippen molar-refractivity contribution in [3.63, 3.8) is 0 Å². The highest BCUT2D eigenvalue weighted by Gasteiger charge is 2.29. The van der Waals surface area contributed by atoms with E-state index < -0.39 is 0 Å². The molecule has 1 fully saturated rings. The molecule has 8 heteroatoms. The largest absolute Gasteiger partial charge is 0.338 e. The molecule has 1 atom stereocenters. The highest BCUT2D eigenvalue weighted by molar-refractivity contribution is 5.69. The number of nitrogens with one attached hydrogen (secondary N) is 1. The second kappa shape index (κ2) is 8.35. The predicted molar refractivity (Wildman–Crippen MR) is 127 cm³/mol. The zero-order chi connectivity index (χ0) is 22.2. The number of nitrogens with zero attached hydrogens (tertiary/aromatic N) is 6. The van der Waals surface area contributed by atoms with E-state index in [0.717, 1.165) is 62.0 Å². The average molecular weight is 432 g/mol. The number of hydrogen-bond donors (Lipinski definition) is 1. The van der Waals surface area contributed by atoms with Crippen LogP contribution in [-0.2, 0) is 6.42 Å². The standard InChI is InChI=1S/C24H29N7O/c1-4-29-9-11-30(12-10-29)23-25-15-19(17(3)26-23)20-14-22(32)28-24(27-20)31-16(2)13-18-7-5-6-8-21(18)31/h5-8,14-16H,4,9-13H2,1-3H3,(H,27,28,32)/t16-/m0/s1. The molecule has 0 radical (unpaired) electrons. The Kier molecular flexibility index (Phi) is 5.38. The molecule has 0 bridgehead atoms. The fourth-order valence-electron chi connectivity index (χ4n) is 4.71. The van der Waals surface area contributed by atoms with Crippen LogP contribution in [0.5, 0.6) is 0 Å². The summed E-state index contributed by atoms with van der Waals surface area (Å²) in [6.45, 7) is 11.3. The topological polar surface area (TPSA) is 81.2 Å². The molecule has 0 unspecified atom stereocenters. The van der Waals surface area contributed by atoms with Crippen LogP contribution >= 0.6 is 0 Å². The maximum Gasteiger partial charge on any atom is 0.252 e. The van der Waals surface area contributed by atoms with E-state index >= 15 is 0 Å². The van der Waals surface area contributed by atoms with Gasteiger partial charge in [0.2, 0.25) is 11.9 Å². The SMILES string of the molecule is CCN1CCN(c2ncc(-c3cc(=O)[nH]c(N4c5ccccc5C[C@@H]4C)n3)c(C)n2)CC1. The van der Waals surface area contributed by atoms with E-state index in [9.17, 15) is 4.79 Å². The van der Waals surface area contributed by atoms with E-state index in [4.69, 9.17) is 9.97 Å². The van der Waals surface area contributed by atoms with Crippen molar-refractivity contribution in [1.82, 2.24) is 24.8 Å². The number of fused-ring (bicyclic) bond motifs is 1. The normalized spacial score (nSPS) is 18.8. The van der Waals surface area contributed by atoms with E-state index in [2.05, 4.69) is 50.6 Å². The van der Waals surface area contributed by atoms with Gasteiger partial charge in [0.05, 0.1) is 11.4 Å². The number of para-hydroxylation sites is 1. The highest BCUT2D eigenvalue weighted by atomic mass is 16.1. The van der Waals surface area contributed by atoms with Gasteiger partial charge >= 0.3 is 0 Å². The van der Waals surface area contributed by atoms with Crippen LogP contribution in [0.15, 0.2) is 41.3 Å². The van der Waals surface area contributed by atoms with E-state index in [1.807, 2.05) is 19.1 Å². The molecule has 2 aliphatic heterocycles. The summed E-state index contributed by atoms with van der Waals surface area (Å²) in [6.07, 6.45) is 2.73. The Bertz CT molecular complexity index is 1180. The highest BCUT2D eigenvalue weighted by Crippen LogP contribution is 2.36. The quantitative estimate of drug-likeness (QED) is 0.680. The fraction of sp³-hybridized carbons (Fsp3) is 0.417. The van der Waals surface area contributed by atoms with Gasteiger partial charge < -0.3 is 14.7 Å². The first-order valence-electron chi connectivity index (χ1n) is 11.3. The average Bonchev–Trinajstić information content (AvgIpc) is 3.14. The summed E-state index contributed by atoms with van der Waals surface area (Å²) in [6, 6.07) is 10.0. The van der Waals surface area contributed by atoms with Crippen molar-refractivity contribution in [3.8, 4) is 11.3 Å². The summed E-state index contributed by atoms with van der Waals surface area (Å²) in [4.78, 5) is 36.5. The molecule has 0 aliphatic carbocycles. The number of likely N-dealkylation sites (N-methyl/N-ethyl adjacent to an activating group) is 1. The Morgan fingerprint density at radius 2 is 1.91 bits per heavy atom. The molecule has 8 nitrogen and oxygen atoms in total. The summed E-state index contributed by atoms with van der Waals surface area (Å²) in [5, 5.41) is 0. The number of H-pyrrole nitrogens is 1. The molecule has 1 saturated heterocycles. The molecule has 5 rings (SSSR count). The van der Waals surface area contributed by atoms with Gasteiger partial charge in [0, 0.05) is 55.7 Å². The maximum absolute atomic E-state index is 12.6. The Morgan fingerprint density at radius 3 is 2.66 bits per heavy atom. The Labute approximate surface area is 188 Å². The molecule has 1 aromatic carbocycles. The van der Waals surface area contributed by atoms with E-state index in [-0.39, 0.29) is 11.6 Å². The van der Waals surface area contributed by atoms with Gasteiger partial charge in [0.1, 0.15) is 0 Å². The minimum absolute atomic E-state index is 0.180. The minimum atomic E-state index is -0.180. The lowest BCUT2D eigenvalue weighted by molar-refractivity contribution is 0.270. The van der Waals surface area contributed by atoms with E-state index in [1.165, 1.54) is 11.6 Å². The maximum atomic E-state index is 12.6. The number of piperazine rings is 1. The van der Waals surface area contributed by atoms with Crippen molar-refractivity contribution in [2.75, 3.05) is 42.5 Å². The van der Waals surface area contributed by atoms with Crippen LogP contribution in [0, 0.1) is 6.92 Å². The van der Waals surface area contributed by atoms with Gasteiger partial charge in [-0.25, -0.2) is 15.0 Å². The number of rotatable bonds is 4. The van der Waals surface area contributed by atoms with Gasteiger partial charge in [-0.05, 0) is 38.4 Å². The van der Waals surface area contributed by atoms with Gasteiger partial charge in [0.25, 0.3) is 5.56 Å². The number of anilines is 3. The molecule has 4 heterocycles. The second-order valence-corrected chi connectivity index (χ2v) is 8.60. The first kappa shape index (κ1) is 20.6. The smallest absolute Gasteiger partial charge is 0.252 e. The molecule has 2 aliphatic rings. The monoisotopic (exact) mass is 431 g/mol. The van der Waals surface area contributed by atoms with Crippen LogP contribution in [0.3, 0.4) is 0 Å². The van der Waals surface area contributed by atoms with Crippen LogP contribution in [-0.4, -0.2) is 63.6 Å². The Morgan fingerprint density at radius 1 is 1.12 bits per heavy atom. The Hall–Kier alpha value is -3.26. The number of aromatic nitrogens is 4. The molecular weight excluding hydrogens is 402 g/mol. The third-order valence-electron chi connectivity index (χ3n) is 6.51. The predicted octanol–water partition coefficient (Wildman–Crippen LogP) is 2.76. The number of benzene rings is 1. The summed E-state index contributed by atoms with van der Waals surface area (Å²) in [5.74, 6) is 1.30. The lowest BCUT2D eigenvalue weighted by Crippen LogP contribution is -2.46. The fourth-order valence-corrected chi connectivity index (χ4v) is 4.71. The van der Waals surface area contributed by atoms with Crippen LogP contribution in [0.25, 0.3) is 11.3 Å². The first-order valence-corrected chi connectivity index (χ1v) is 11.3. The molecule has 3 aromatic rings. The number of aryl methyl sites for hydroxylation is 1. The van der Waals surface area contributed by atoms with Gasteiger partial charge in [0.15, 0.2) is 0 Å². The zero-order valence-corrected chi connectivity index (χ0v) is 18.9. The molecule has 0 amide bonds. The molecule has 0 saturated carbocycles. The van der Waals surface area contributed by atoms with Gasteiger partial charge in [-0.15, -0.1) is 0 Å². The van der Waals surface area contributed by atoms with Gasteiger partial charge in [-0.1, -0.05) is 25.1 Å². The molecule has 2 aromatic heterocycles. The summed E-state index contributed by atoms with van der Waals surface area (Å²) in [5.41, 5.74) is 4.39. The van der Waals surface area contributed by atoms with Crippen molar-refractivity contribution < 1.29 is 0 Å². The number of aromatic amines is 1. The van der Waals surface area contributed by atoms with Crippen molar-refractivity contribution in [1.29, 1.82) is 0 Å². The van der Waals surface area contributed by atoms with Gasteiger partial charge in [-0.2, -0.15) is 0 Å². The van der Waals surface area contributed by atoms with Crippen molar-refractivity contribution in [3.05, 3.63) is 58.1 Å². The summed E-state index contributed by atoms with van der Waals surface area (Å²) >= 11 is 0. The number of hydrogen-bond acceptors (Lipinski definition) is 7. The molecule has 166 valence electrons. The lowest BCUT2D eigenvalue weighted by Gasteiger charge is -2.34. The van der Waals surface area contributed by atoms with Gasteiger partial charge in [-0.3, -0.25) is 9.78 Å². The summed E-state index contributed by atoms with van der Waals surface area (Å²) in [7, 11) is 0. The van der Waals surface area contributed by atoms with Crippen LogP contribution in [0.1, 0.15) is 25.1 Å². The molecule has 0 spiro atoms. The minimum Gasteiger partial charge on any atom is -0.338 e.